The fourth-order valence-electron chi connectivity index (χ4n) is 5.52. The standard InChI is InChI=1S/C7H4N2O6.4C7H7.Sb/c10-7(11)4-1-5(8(12)13)3-6(2-4)9(14)15;4*1-7-5-3-2-4-6-7;/h1-3H,(H,10,11);4*3-6H,1H3;/q;;;;;+1/p-1. The molecule has 0 N–H and O–H groups in total. The molecule has 5 rings (SSSR count). The maximum absolute atomic E-state index is 14.5. The number of carboxylic acid groups (broad SMARTS) is 1. The number of rotatable bonds is 9. The van der Waals surface area contributed by atoms with Gasteiger partial charge in [-0.3, -0.25) is 0 Å². The van der Waals surface area contributed by atoms with Gasteiger partial charge in [-0.05, 0) is 0 Å². The summed E-state index contributed by atoms with van der Waals surface area (Å²) in [6, 6.07) is 34.5. The number of nitro benzene ring substituents is 1. The number of hydrogen-bond acceptors (Lipinski definition) is 6. The topological polar surface area (TPSA) is 113 Å². The van der Waals surface area contributed by atoms with Gasteiger partial charge in [-0.2, -0.15) is 0 Å². The second-order valence-corrected chi connectivity index (χ2v) is 23.3. The van der Waals surface area contributed by atoms with Crippen LogP contribution in [0.3, 0.4) is 0 Å². The number of carbonyl (C=O) groups excluding carboxylic acids is 1. The molecule has 0 spiro atoms. The molecule has 0 saturated heterocycles. The number of nitro groups is 1. The third-order valence-electron chi connectivity index (χ3n) is 7.90. The molecule has 5 aromatic rings. The maximum atomic E-state index is 14.5. The third-order valence-corrected chi connectivity index (χ3v) is 23.9. The van der Waals surface area contributed by atoms with Gasteiger partial charge in [0.25, 0.3) is 0 Å². The molecule has 44 heavy (non-hydrogen) atoms. The van der Waals surface area contributed by atoms with Gasteiger partial charge >= 0.3 is 258 Å². The van der Waals surface area contributed by atoms with Crippen LogP contribution in [0.5, 0.6) is 0 Å². The van der Waals surface area contributed by atoms with Crippen molar-refractivity contribution in [2.45, 2.75) is 27.7 Å². The molecule has 0 aromatic heterocycles. The first-order valence-electron chi connectivity index (χ1n) is 13.9. The van der Waals surface area contributed by atoms with Gasteiger partial charge in [0.15, 0.2) is 0 Å². The quantitative estimate of drug-likeness (QED) is 0.131. The first-order chi connectivity index (χ1) is 20.9. The van der Waals surface area contributed by atoms with Gasteiger partial charge in [-0.15, -0.1) is 0 Å². The van der Waals surface area contributed by atoms with Crippen LogP contribution in [-0.4, -0.2) is 33.6 Å². The molecule has 0 unspecified atom stereocenters. The summed E-state index contributed by atoms with van der Waals surface area (Å²) < 4.78 is 10.2. The van der Waals surface area contributed by atoms with E-state index in [1.54, 1.807) is 0 Å². The van der Waals surface area contributed by atoms with Crippen molar-refractivity contribution in [2.24, 2.45) is 0 Å². The van der Waals surface area contributed by atoms with E-state index < -0.39 is 40.0 Å². The summed E-state index contributed by atoms with van der Waals surface area (Å²) in [6.45, 7) is 7.90. The van der Waals surface area contributed by atoms with Gasteiger partial charge in [-0.25, -0.2) is 0 Å². The Morgan fingerprint density at radius 3 is 1.18 bits per heavy atom. The summed E-state index contributed by atoms with van der Waals surface area (Å²) in [5, 5.41) is 23.6. The molecule has 0 radical (unpaired) electrons. The van der Waals surface area contributed by atoms with E-state index in [0.717, 1.165) is 54.5 Å². The van der Waals surface area contributed by atoms with Crippen molar-refractivity contribution < 1.29 is 22.9 Å². The molecule has 0 aliphatic heterocycles. The van der Waals surface area contributed by atoms with E-state index in [-0.39, 0.29) is 10.6 Å². The van der Waals surface area contributed by atoms with Gasteiger partial charge in [0, 0.05) is 0 Å². The Morgan fingerprint density at radius 2 is 0.886 bits per heavy atom. The Morgan fingerprint density at radius 1 is 0.568 bits per heavy atom. The van der Waals surface area contributed by atoms with Crippen LogP contribution in [-0.2, 0) is 3.12 Å². The predicted molar refractivity (Wildman–Crippen MR) is 171 cm³/mol. The van der Waals surface area contributed by atoms with Crippen molar-refractivity contribution in [2.75, 3.05) is 0 Å². The van der Waals surface area contributed by atoms with Gasteiger partial charge in [-0.1, -0.05) is 0 Å². The number of carbonyl (C=O) groups is 1. The Kier molecular flexibility index (Phi) is 8.15. The van der Waals surface area contributed by atoms with Crippen molar-refractivity contribution in [3.05, 3.63) is 158 Å². The van der Waals surface area contributed by atoms with Gasteiger partial charge in [0.05, 0.1) is 0 Å². The summed E-state index contributed by atoms with van der Waals surface area (Å²) in [5.41, 5.74) is 2.62. The number of aromatic carboxylic acids is 1. The zero-order valence-corrected chi connectivity index (χ0v) is 27.3. The van der Waals surface area contributed by atoms with Crippen molar-refractivity contribution in [3.63, 3.8) is 0 Å². The number of aryl methyl sites for hydroxylation is 4. The summed E-state index contributed by atoms with van der Waals surface area (Å²) in [5.74, 6) is -1.65. The first kappa shape index (κ1) is 30.6. The molecular formula is C35H31N2O6Sb. The molecule has 8 nitrogen and oxygen atoms in total. The van der Waals surface area contributed by atoms with E-state index in [1.807, 2.05) is 125 Å². The Balaban J connectivity index is 1.98. The van der Waals surface area contributed by atoms with Gasteiger partial charge in [0.2, 0.25) is 0 Å². The second kappa shape index (κ2) is 11.7. The summed E-state index contributed by atoms with van der Waals surface area (Å²) in [4.78, 5) is 37.6. The Bertz CT molecular complexity index is 1660. The van der Waals surface area contributed by atoms with Crippen molar-refractivity contribution in [1.29, 1.82) is 0 Å². The first-order valence-corrected chi connectivity index (χ1v) is 20.1. The zero-order chi connectivity index (χ0) is 31.7. The minimum absolute atomic E-state index is 0.251. The van der Waals surface area contributed by atoms with E-state index in [1.165, 1.54) is 0 Å². The Hall–Kier alpha value is -4.81. The van der Waals surface area contributed by atoms with Gasteiger partial charge in [0.1, 0.15) is 0 Å². The second-order valence-electron chi connectivity index (χ2n) is 11.0. The molecule has 0 aliphatic rings. The van der Waals surface area contributed by atoms with Crippen molar-refractivity contribution in [1.82, 2.24) is 0 Å². The average Bonchev–Trinajstić information content (AvgIpc) is 3.01. The summed E-state index contributed by atoms with van der Waals surface area (Å²) in [7, 11) is 0. The molecule has 222 valence electrons. The molecule has 0 bridgehead atoms. The molecular weight excluding hydrogens is 666 g/mol. The van der Waals surface area contributed by atoms with Crippen LogP contribution in [0.1, 0.15) is 32.6 Å². The van der Waals surface area contributed by atoms with E-state index in [4.69, 9.17) is 3.12 Å². The van der Waals surface area contributed by atoms with Gasteiger partial charge < -0.3 is 0 Å². The molecule has 0 heterocycles. The summed E-state index contributed by atoms with van der Waals surface area (Å²) >= 11 is -5.79. The normalized spacial score (nSPS) is 12.1. The third kappa shape index (κ3) is 5.16. The van der Waals surface area contributed by atoms with Crippen LogP contribution in [0, 0.1) is 42.7 Å². The summed E-state index contributed by atoms with van der Waals surface area (Å²) in [6.07, 6.45) is 0. The Labute approximate surface area is 256 Å². The predicted octanol–water partition coefficient (Wildman–Crippen LogP) is 4.06. The van der Waals surface area contributed by atoms with Crippen LogP contribution < -0.4 is 19.1 Å². The van der Waals surface area contributed by atoms with E-state index in [9.17, 15) is 24.9 Å². The van der Waals surface area contributed by atoms with E-state index in [2.05, 4.69) is 0 Å². The number of benzene rings is 5. The van der Waals surface area contributed by atoms with Crippen LogP contribution in [0.15, 0.2) is 115 Å². The fraction of sp³-hybridized carbons (Fsp3) is 0.114. The zero-order valence-electron chi connectivity index (χ0n) is 24.8. The molecule has 0 fully saturated rings. The minimum atomic E-state index is -5.79. The number of nitrogens with zero attached hydrogens (tertiary/aromatic N) is 2. The molecule has 0 saturated carbocycles. The fourth-order valence-corrected chi connectivity index (χ4v) is 21.0. The van der Waals surface area contributed by atoms with Crippen molar-refractivity contribution in [3.8, 4) is 0 Å². The molecule has 5 aromatic carbocycles. The van der Waals surface area contributed by atoms with Crippen LogP contribution >= 0.6 is 0 Å². The molecule has 0 atom stereocenters. The van der Waals surface area contributed by atoms with Crippen LogP contribution in [0.25, 0.3) is 0 Å². The molecule has 9 heteroatoms. The number of non-ortho nitro benzene ring substituents is 1. The van der Waals surface area contributed by atoms with Crippen LogP contribution in [0.4, 0.5) is 11.4 Å². The monoisotopic (exact) mass is 696 g/mol. The van der Waals surface area contributed by atoms with Crippen LogP contribution in [0.2, 0.25) is 0 Å². The molecule has 0 amide bonds. The van der Waals surface area contributed by atoms with E-state index >= 15 is 0 Å². The molecule has 0 aliphatic carbocycles. The number of carboxylic acids is 1. The SMILES string of the molecule is Cc1cc[c]([Sb]([O][N+](=O)c2cc(C(=O)[O-])cc([N+](=O)[O-])c2)([c]2ccc(C)cc2)([c]2ccc(C)cc2)[c]2ccc(C)cc2)cc1. The van der Waals surface area contributed by atoms with E-state index in [0.29, 0.717) is 0 Å². The number of hydrogen-bond donors (Lipinski definition) is 0. The average molecular weight is 697 g/mol. The van der Waals surface area contributed by atoms with Crippen molar-refractivity contribution >= 4 is 49.2 Å².